The Labute approximate surface area is 153 Å². The predicted octanol–water partition coefficient (Wildman–Crippen LogP) is 3.48. The van der Waals surface area contributed by atoms with Crippen LogP contribution in [0.3, 0.4) is 0 Å². The summed E-state index contributed by atoms with van der Waals surface area (Å²) in [7, 11) is 0. The van der Waals surface area contributed by atoms with Gasteiger partial charge in [0.25, 0.3) is 5.91 Å². The Bertz CT molecular complexity index is 786. The lowest BCUT2D eigenvalue weighted by molar-refractivity contribution is 0.0490. The molecule has 0 unspecified atom stereocenters. The van der Waals surface area contributed by atoms with E-state index in [9.17, 15) is 4.79 Å². The van der Waals surface area contributed by atoms with Crippen molar-refractivity contribution in [2.24, 2.45) is 5.92 Å². The number of benzene rings is 1. The number of hydrogen-bond acceptors (Lipinski definition) is 4. The van der Waals surface area contributed by atoms with Crippen molar-refractivity contribution in [3.8, 4) is 5.88 Å². The molecule has 0 saturated carbocycles. The van der Waals surface area contributed by atoms with Gasteiger partial charge in [0.05, 0.1) is 6.61 Å². The molecule has 0 bridgehead atoms. The Hall–Kier alpha value is -2.40. The van der Waals surface area contributed by atoms with E-state index in [1.54, 1.807) is 18.3 Å². The molecule has 2 aliphatic heterocycles. The normalized spacial score (nSPS) is 20.0. The number of hydrogen-bond donors (Lipinski definition) is 0. The van der Waals surface area contributed by atoms with Crippen LogP contribution in [0.4, 0.5) is 5.69 Å². The smallest absolute Gasteiger partial charge is 0.258 e. The second-order valence-corrected chi connectivity index (χ2v) is 7.11. The fourth-order valence-electron chi connectivity index (χ4n) is 3.75. The summed E-state index contributed by atoms with van der Waals surface area (Å²) in [6.07, 6.45) is 4.57. The van der Waals surface area contributed by atoms with Gasteiger partial charge < -0.3 is 14.4 Å². The van der Waals surface area contributed by atoms with Crippen LogP contribution in [-0.4, -0.2) is 36.8 Å². The van der Waals surface area contributed by atoms with Crippen molar-refractivity contribution >= 4 is 11.6 Å². The van der Waals surface area contributed by atoms with Gasteiger partial charge in [-0.25, -0.2) is 4.98 Å². The zero-order valence-electron chi connectivity index (χ0n) is 15.1. The molecular formula is C21H24N2O3. The first-order valence-electron chi connectivity index (χ1n) is 9.30. The SMILES string of the molecule is C[C@@H]1Cc2ccccc2N1C(=O)c1ccnc(OCC2CCOCC2)c1. The number of para-hydroxylation sites is 1. The summed E-state index contributed by atoms with van der Waals surface area (Å²) in [5, 5.41) is 0. The number of carbonyl (C=O) groups excluding carboxylic acids is 1. The van der Waals surface area contributed by atoms with Crippen LogP contribution in [0.25, 0.3) is 0 Å². The molecule has 1 fully saturated rings. The van der Waals surface area contributed by atoms with Crippen molar-refractivity contribution < 1.29 is 14.3 Å². The van der Waals surface area contributed by atoms with Crippen LogP contribution in [0.15, 0.2) is 42.6 Å². The summed E-state index contributed by atoms with van der Waals surface area (Å²) in [6.45, 7) is 4.30. The molecule has 2 aromatic rings. The molecule has 5 heteroatoms. The third-order valence-electron chi connectivity index (χ3n) is 5.22. The minimum Gasteiger partial charge on any atom is -0.477 e. The lowest BCUT2D eigenvalue weighted by atomic mass is 10.0. The third-order valence-corrected chi connectivity index (χ3v) is 5.22. The Morgan fingerprint density at radius 1 is 1.27 bits per heavy atom. The lowest BCUT2D eigenvalue weighted by Gasteiger charge is -2.23. The van der Waals surface area contributed by atoms with Gasteiger partial charge in [-0.15, -0.1) is 0 Å². The molecule has 1 aromatic carbocycles. The number of carbonyl (C=O) groups is 1. The molecule has 1 amide bonds. The predicted molar refractivity (Wildman–Crippen MR) is 99.7 cm³/mol. The maximum Gasteiger partial charge on any atom is 0.258 e. The van der Waals surface area contributed by atoms with Crippen LogP contribution in [0, 0.1) is 5.92 Å². The lowest BCUT2D eigenvalue weighted by Crippen LogP contribution is -2.35. The highest BCUT2D eigenvalue weighted by Crippen LogP contribution is 2.33. The fourth-order valence-corrected chi connectivity index (χ4v) is 3.75. The van der Waals surface area contributed by atoms with Gasteiger partial charge in [-0.1, -0.05) is 18.2 Å². The molecule has 0 radical (unpaired) electrons. The van der Waals surface area contributed by atoms with Crippen molar-refractivity contribution in [1.82, 2.24) is 4.98 Å². The molecule has 4 rings (SSSR count). The van der Waals surface area contributed by atoms with Gasteiger partial charge in [-0.2, -0.15) is 0 Å². The van der Waals surface area contributed by atoms with E-state index in [2.05, 4.69) is 18.0 Å². The van der Waals surface area contributed by atoms with E-state index < -0.39 is 0 Å². The van der Waals surface area contributed by atoms with E-state index >= 15 is 0 Å². The van der Waals surface area contributed by atoms with Crippen LogP contribution >= 0.6 is 0 Å². The van der Waals surface area contributed by atoms with Gasteiger partial charge in [-0.3, -0.25) is 4.79 Å². The van der Waals surface area contributed by atoms with E-state index in [4.69, 9.17) is 9.47 Å². The van der Waals surface area contributed by atoms with Gasteiger partial charge in [-0.05, 0) is 49.8 Å². The third kappa shape index (κ3) is 3.44. The first kappa shape index (κ1) is 17.0. The summed E-state index contributed by atoms with van der Waals surface area (Å²) in [5.41, 5.74) is 2.84. The van der Waals surface area contributed by atoms with Gasteiger partial charge in [0.2, 0.25) is 5.88 Å². The fraction of sp³-hybridized carbons (Fsp3) is 0.429. The number of fused-ring (bicyclic) bond motifs is 1. The van der Waals surface area contributed by atoms with Crippen molar-refractivity contribution in [2.45, 2.75) is 32.2 Å². The Kier molecular flexibility index (Phi) is 4.89. The standard InChI is InChI=1S/C21H24N2O3/c1-15-12-17-4-2-3-5-19(17)23(15)21(24)18-6-9-22-20(13-18)26-14-16-7-10-25-11-8-16/h2-6,9,13,15-16H,7-8,10-12,14H2,1H3/t15-/m1/s1. The molecule has 1 atom stereocenters. The second kappa shape index (κ2) is 7.46. The molecule has 0 N–H and O–H groups in total. The van der Waals surface area contributed by atoms with Crippen LogP contribution in [-0.2, 0) is 11.2 Å². The number of pyridine rings is 1. The van der Waals surface area contributed by atoms with Gasteiger partial charge in [0, 0.05) is 42.8 Å². The van der Waals surface area contributed by atoms with Crippen molar-refractivity contribution in [1.29, 1.82) is 0 Å². The quantitative estimate of drug-likeness (QED) is 0.845. The molecule has 5 nitrogen and oxygen atoms in total. The maximum absolute atomic E-state index is 13.1. The molecule has 0 aliphatic carbocycles. The summed E-state index contributed by atoms with van der Waals surface area (Å²) >= 11 is 0. The van der Waals surface area contributed by atoms with Crippen LogP contribution in [0.2, 0.25) is 0 Å². The molecule has 3 heterocycles. The largest absolute Gasteiger partial charge is 0.477 e. The number of aromatic nitrogens is 1. The van der Waals surface area contributed by atoms with Gasteiger partial charge in [0.1, 0.15) is 0 Å². The highest BCUT2D eigenvalue weighted by Gasteiger charge is 2.31. The summed E-state index contributed by atoms with van der Waals surface area (Å²) in [4.78, 5) is 19.3. The summed E-state index contributed by atoms with van der Waals surface area (Å²) in [6, 6.07) is 11.8. The maximum atomic E-state index is 13.1. The van der Waals surface area contributed by atoms with E-state index in [0.29, 0.717) is 24.0 Å². The molecule has 2 aliphatic rings. The summed E-state index contributed by atoms with van der Waals surface area (Å²) < 4.78 is 11.2. The van der Waals surface area contributed by atoms with E-state index in [1.807, 2.05) is 23.1 Å². The minimum absolute atomic E-state index is 0.000710. The van der Waals surface area contributed by atoms with E-state index in [0.717, 1.165) is 38.2 Å². The molecule has 26 heavy (non-hydrogen) atoms. The first-order valence-corrected chi connectivity index (χ1v) is 9.30. The van der Waals surface area contributed by atoms with Crippen LogP contribution in [0.1, 0.15) is 35.7 Å². The summed E-state index contributed by atoms with van der Waals surface area (Å²) in [5.74, 6) is 1.01. The number of nitrogens with zero attached hydrogens (tertiary/aromatic N) is 2. The molecule has 0 spiro atoms. The zero-order chi connectivity index (χ0) is 17.9. The number of rotatable bonds is 4. The van der Waals surface area contributed by atoms with Crippen molar-refractivity contribution in [3.63, 3.8) is 0 Å². The van der Waals surface area contributed by atoms with Crippen LogP contribution in [0.5, 0.6) is 5.88 Å². The average molecular weight is 352 g/mol. The highest BCUT2D eigenvalue weighted by molar-refractivity contribution is 6.07. The monoisotopic (exact) mass is 352 g/mol. The van der Waals surface area contributed by atoms with Crippen LogP contribution < -0.4 is 9.64 Å². The molecule has 1 aromatic heterocycles. The van der Waals surface area contributed by atoms with Crippen molar-refractivity contribution in [3.05, 3.63) is 53.7 Å². The number of anilines is 1. The molecule has 1 saturated heterocycles. The van der Waals surface area contributed by atoms with E-state index in [1.165, 1.54) is 5.56 Å². The molecular weight excluding hydrogens is 328 g/mol. The zero-order valence-corrected chi connectivity index (χ0v) is 15.1. The molecule has 136 valence electrons. The topological polar surface area (TPSA) is 51.7 Å². The average Bonchev–Trinajstić information content (AvgIpc) is 3.02. The first-order chi connectivity index (χ1) is 12.7. The Morgan fingerprint density at radius 3 is 2.92 bits per heavy atom. The van der Waals surface area contributed by atoms with Gasteiger partial charge >= 0.3 is 0 Å². The Morgan fingerprint density at radius 2 is 2.08 bits per heavy atom. The number of amides is 1. The number of ether oxygens (including phenoxy) is 2. The minimum atomic E-state index is 0.000710. The van der Waals surface area contributed by atoms with Crippen molar-refractivity contribution in [2.75, 3.05) is 24.7 Å². The second-order valence-electron chi connectivity index (χ2n) is 7.11. The van der Waals surface area contributed by atoms with Gasteiger partial charge in [0.15, 0.2) is 0 Å². The van der Waals surface area contributed by atoms with E-state index in [-0.39, 0.29) is 11.9 Å². The Balaban J connectivity index is 1.48. The highest BCUT2D eigenvalue weighted by atomic mass is 16.5.